The molecule has 2 aromatic heterocycles. The van der Waals surface area contributed by atoms with Crippen LogP contribution in [0.2, 0.25) is 0 Å². The summed E-state index contributed by atoms with van der Waals surface area (Å²) in [6, 6.07) is 0. The third kappa shape index (κ3) is 2.61. The van der Waals surface area contributed by atoms with E-state index in [1.165, 1.54) is 12.4 Å². The molecular formula is C10H13N7O. The van der Waals surface area contributed by atoms with Gasteiger partial charge in [-0.25, -0.2) is 20.8 Å². The van der Waals surface area contributed by atoms with Crippen molar-refractivity contribution in [3.8, 4) is 0 Å². The molecule has 94 valence electrons. The molecule has 2 aromatic rings. The number of rotatable bonds is 4. The van der Waals surface area contributed by atoms with Gasteiger partial charge in [-0.2, -0.15) is 0 Å². The minimum absolute atomic E-state index is 0.225. The summed E-state index contributed by atoms with van der Waals surface area (Å²) in [5.41, 5.74) is 2.56. The number of nitrogens with zero attached hydrogens (tertiary/aromatic N) is 4. The first-order chi connectivity index (χ1) is 8.70. The zero-order chi connectivity index (χ0) is 13.0. The van der Waals surface area contributed by atoms with Crippen LogP contribution in [-0.2, 0) is 13.6 Å². The Morgan fingerprint density at radius 1 is 1.39 bits per heavy atom. The second-order valence-corrected chi connectivity index (χ2v) is 3.57. The van der Waals surface area contributed by atoms with E-state index in [4.69, 9.17) is 5.84 Å². The van der Waals surface area contributed by atoms with Crippen LogP contribution in [0.4, 0.5) is 5.82 Å². The molecule has 8 heteroatoms. The Hall–Kier alpha value is -2.48. The monoisotopic (exact) mass is 247 g/mol. The predicted octanol–water partition coefficient (Wildman–Crippen LogP) is -0.574. The molecule has 2 heterocycles. The number of aryl methyl sites for hydroxylation is 1. The summed E-state index contributed by atoms with van der Waals surface area (Å²) in [6.07, 6.45) is 6.21. The Labute approximate surface area is 103 Å². The number of hydrazine groups is 1. The molecule has 0 aliphatic heterocycles. The summed E-state index contributed by atoms with van der Waals surface area (Å²) in [6.45, 7) is 0.334. The van der Waals surface area contributed by atoms with Gasteiger partial charge in [-0.15, -0.1) is 0 Å². The fraction of sp³-hybridized carbons (Fsp3) is 0.200. The van der Waals surface area contributed by atoms with E-state index < -0.39 is 0 Å². The number of hydrogen-bond acceptors (Lipinski definition) is 6. The predicted molar refractivity (Wildman–Crippen MR) is 64.2 cm³/mol. The van der Waals surface area contributed by atoms with Crippen LogP contribution in [0.1, 0.15) is 16.3 Å². The minimum atomic E-state index is -0.311. The standard InChI is InChI=1S/C10H13N7O/c1-17-3-2-12-9(17)6-15-10(18)7-4-14-8(16-11)5-13-7/h2-5H,6,11H2,1H3,(H,14,16)(H,15,18). The zero-order valence-electron chi connectivity index (χ0n) is 9.79. The van der Waals surface area contributed by atoms with Crippen molar-refractivity contribution in [2.75, 3.05) is 5.43 Å². The number of carbonyl (C=O) groups excluding carboxylic acids is 1. The summed E-state index contributed by atoms with van der Waals surface area (Å²) >= 11 is 0. The molecule has 0 fully saturated rings. The SMILES string of the molecule is Cn1ccnc1CNC(=O)c1cnc(NN)cn1. The Balaban J connectivity index is 1.97. The fourth-order valence-corrected chi connectivity index (χ4v) is 1.34. The Morgan fingerprint density at radius 2 is 2.22 bits per heavy atom. The van der Waals surface area contributed by atoms with Crippen molar-refractivity contribution < 1.29 is 4.79 Å². The van der Waals surface area contributed by atoms with E-state index in [0.29, 0.717) is 12.4 Å². The third-order valence-corrected chi connectivity index (χ3v) is 2.36. The molecule has 1 amide bonds. The van der Waals surface area contributed by atoms with Gasteiger partial charge in [0.15, 0.2) is 5.82 Å². The first-order valence-electron chi connectivity index (χ1n) is 5.24. The van der Waals surface area contributed by atoms with Gasteiger partial charge in [-0.3, -0.25) is 4.79 Å². The molecule has 0 spiro atoms. The third-order valence-electron chi connectivity index (χ3n) is 2.36. The van der Waals surface area contributed by atoms with Gasteiger partial charge in [0.05, 0.1) is 18.9 Å². The van der Waals surface area contributed by atoms with Gasteiger partial charge in [0.1, 0.15) is 11.5 Å². The summed E-state index contributed by atoms with van der Waals surface area (Å²) in [7, 11) is 1.86. The number of carbonyl (C=O) groups is 1. The summed E-state index contributed by atoms with van der Waals surface area (Å²) < 4.78 is 1.83. The van der Waals surface area contributed by atoms with Gasteiger partial charge in [0.25, 0.3) is 5.91 Å². The highest BCUT2D eigenvalue weighted by Crippen LogP contribution is 1.99. The normalized spacial score (nSPS) is 10.1. The molecule has 2 rings (SSSR count). The van der Waals surface area contributed by atoms with E-state index in [9.17, 15) is 4.79 Å². The molecule has 4 N–H and O–H groups in total. The number of nitrogen functional groups attached to an aromatic ring is 1. The Morgan fingerprint density at radius 3 is 2.78 bits per heavy atom. The average Bonchev–Trinajstić information content (AvgIpc) is 2.81. The number of imidazole rings is 1. The quantitative estimate of drug-likeness (QED) is 0.492. The smallest absolute Gasteiger partial charge is 0.271 e. The number of amides is 1. The van der Waals surface area contributed by atoms with Crippen molar-refractivity contribution in [3.63, 3.8) is 0 Å². The van der Waals surface area contributed by atoms with E-state index in [1.807, 2.05) is 17.8 Å². The van der Waals surface area contributed by atoms with Gasteiger partial charge in [-0.1, -0.05) is 0 Å². The molecule has 0 saturated carbocycles. The van der Waals surface area contributed by atoms with E-state index in [1.54, 1.807) is 6.20 Å². The van der Waals surface area contributed by atoms with Crippen LogP contribution in [0.25, 0.3) is 0 Å². The van der Waals surface area contributed by atoms with E-state index in [2.05, 4.69) is 25.7 Å². The van der Waals surface area contributed by atoms with Gasteiger partial charge in [-0.05, 0) is 0 Å². The Bertz CT molecular complexity index is 533. The molecule has 0 unspecified atom stereocenters. The molecule has 0 bridgehead atoms. The lowest BCUT2D eigenvalue weighted by molar-refractivity contribution is 0.0944. The maximum Gasteiger partial charge on any atom is 0.271 e. The minimum Gasteiger partial charge on any atom is -0.343 e. The molecule has 0 radical (unpaired) electrons. The average molecular weight is 247 g/mol. The molecular weight excluding hydrogens is 234 g/mol. The highest BCUT2D eigenvalue weighted by atomic mass is 16.1. The van der Waals surface area contributed by atoms with Gasteiger partial charge < -0.3 is 15.3 Å². The zero-order valence-corrected chi connectivity index (χ0v) is 9.79. The van der Waals surface area contributed by atoms with Crippen molar-refractivity contribution in [2.24, 2.45) is 12.9 Å². The van der Waals surface area contributed by atoms with Gasteiger partial charge in [0, 0.05) is 19.4 Å². The van der Waals surface area contributed by atoms with Crippen LogP contribution in [0, 0.1) is 0 Å². The van der Waals surface area contributed by atoms with Crippen molar-refractivity contribution in [1.29, 1.82) is 0 Å². The number of nitrogens with one attached hydrogen (secondary N) is 2. The van der Waals surface area contributed by atoms with Crippen molar-refractivity contribution in [1.82, 2.24) is 24.8 Å². The lowest BCUT2D eigenvalue weighted by Crippen LogP contribution is -2.25. The Kier molecular flexibility index (Phi) is 3.49. The first-order valence-corrected chi connectivity index (χ1v) is 5.24. The highest BCUT2D eigenvalue weighted by Gasteiger charge is 2.08. The lowest BCUT2D eigenvalue weighted by Gasteiger charge is -2.05. The molecule has 0 aliphatic rings. The van der Waals surface area contributed by atoms with E-state index in [0.717, 1.165) is 5.82 Å². The van der Waals surface area contributed by atoms with Crippen LogP contribution in [0.15, 0.2) is 24.8 Å². The lowest BCUT2D eigenvalue weighted by atomic mass is 10.4. The number of anilines is 1. The molecule has 0 aromatic carbocycles. The van der Waals surface area contributed by atoms with E-state index in [-0.39, 0.29) is 11.6 Å². The molecule has 0 atom stereocenters. The van der Waals surface area contributed by atoms with Gasteiger partial charge in [0.2, 0.25) is 0 Å². The second-order valence-electron chi connectivity index (χ2n) is 3.57. The van der Waals surface area contributed by atoms with Gasteiger partial charge >= 0.3 is 0 Å². The highest BCUT2D eigenvalue weighted by molar-refractivity contribution is 5.91. The molecule has 8 nitrogen and oxygen atoms in total. The van der Waals surface area contributed by atoms with E-state index >= 15 is 0 Å². The topological polar surface area (TPSA) is 111 Å². The second kappa shape index (κ2) is 5.23. The molecule has 0 saturated heterocycles. The summed E-state index contributed by atoms with van der Waals surface area (Å²) in [5, 5.41) is 2.70. The van der Waals surface area contributed by atoms with Crippen molar-refractivity contribution >= 4 is 11.7 Å². The van der Waals surface area contributed by atoms with Crippen LogP contribution < -0.4 is 16.6 Å². The maximum absolute atomic E-state index is 11.7. The van der Waals surface area contributed by atoms with Crippen molar-refractivity contribution in [3.05, 3.63) is 36.3 Å². The first kappa shape index (κ1) is 12.0. The number of hydrogen-bond donors (Lipinski definition) is 3. The van der Waals surface area contributed by atoms with Crippen LogP contribution in [-0.4, -0.2) is 25.4 Å². The van der Waals surface area contributed by atoms with Crippen molar-refractivity contribution in [2.45, 2.75) is 6.54 Å². The summed E-state index contributed by atoms with van der Waals surface area (Å²) in [5.74, 6) is 6.00. The van der Waals surface area contributed by atoms with Crippen LogP contribution in [0.5, 0.6) is 0 Å². The van der Waals surface area contributed by atoms with Crippen LogP contribution >= 0.6 is 0 Å². The number of nitrogens with two attached hydrogens (primary N) is 1. The summed E-state index contributed by atoms with van der Waals surface area (Å²) in [4.78, 5) is 23.7. The largest absolute Gasteiger partial charge is 0.343 e. The maximum atomic E-state index is 11.7. The molecule has 18 heavy (non-hydrogen) atoms. The number of aromatic nitrogens is 4. The van der Waals surface area contributed by atoms with Crippen LogP contribution in [0.3, 0.4) is 0 Å². The fourth-order valence-electron chi connectivity index (χ4n) is 1.34. The molecule has 0 aliphatic carbocycles.